The predicted molar refractivity (Wildman–Crippen MR) is 60.9 cm³/mol. The van der Waals surface area contributed by atoms with Crippen molar-refractivity contribution in [2.75, 3.05) is 20.3 Å². The summed E-state index contributed by atoms with van der Waals surface area (Å²) in [5.74, 6) is 1.05. The molecule has 0 aliphatic heterocycles. The van der Waals surface area contributed by atoms with Crippen molar-refractivity contribution >= 4 is 0 Å². The molecule has 0 radical (unpaired) electrons. The average Bonchev–Trinajstić information content (AvgIpc) is 2.61. The molecule has 0 bridgehead atoms. The highest BCUT2D eigenvalue weighted by atomic mass is 16.5. The van der Waals surface area contributed by atoms with Crippen molar-refractivity contribution in [3.8, 4) is 0 Å². The molecule has 0 aliphatic rings. The maximum atomic E-state index is 5.19. The van der Waals surface area contributed by atoms with E-state index in [1.54, 1.807) is 7.11 Å². The Hall–Kier alpha value is -0.870. The number of rotatable bonds is 7. The van der Waals surface area contributed by atoms with E-state index in [1.165, 1.54) is 0 Å². The Labute approximate surface area is 91.7 Å². The van der Waals surface area contributed by atoms with Gasteiger partial charge in [-0.1, -0.05) is 6.92 Å². The minimum atomic E-state index is 0.364. The molecule has 1 heterocycles. The first-order chi connectivity index (χ1) is 7.27. The molecule has 1 atom stereocenters. The number of nitrogens with zero attached hydrogens (tertiary/aromatic N) is 2. The summed E-state index contributed by atoms with van der Waals surface area (Å²) in [6, 6.07) is 0.364. The maximum Gasteiger partial charge on any atom is 0.105 e. The molecule has 1 rings (SSSR count). The van der Waals surface area contributed by atoms with Gasteiger partial charge in [0.1, 0.15) is 5.82 Å². The Balaban J connectivity index is 2.46. The molecule has 0 aromatic carbocycles. The third-order valence-electron chi connectivity index (χ3n) is 2.39. The van der Waals surface area contributed by atoms with Crippen LogP contribution in [0.5, 0.6) is 0 Å². The molecule has 0 spiro atoms. The first-order valence-corrected chi connectivity index (χ1v) is 5.48. The van der Waals surface area contributed by atoms with Gasteiger partial charge in [-0.2, -0.15) is 0 Å². The number of hydrogen-bond acceptors (Lipinski definition) is 3. The molecule has 1 unspecified atom stereocenters. The minimum absolute atomic E-state index is 0.364. The van der Waals surface area contributed by atoms with E-state index in [2.05, 4.69) is 21.8 Å². The Morgan fingerprint density at radius 3 is 2.93 bits per heavy atom. The topological polar surface area (TPSA) is 39.1 Å². The molecule has 0 aliphatic carbocycles. The molecule has 1 aromatic heterocycles. The van der Waals surface area contributed by atoms with Crippen LogP contribution in [-0.2, 0) is 11.3 Å². The minimum Gasteiger partial charge on any atom is -0.383 e. The lowest BCUT2D eigenvalue weighted by molar-refractivity contribution is 0.158. The van der Waals surface area contributed by atoms with Gasteiger partial charge in [-0.3, -0.25) is 0 Å². The lowest BCUT2D eigenvalue weighted by Gasteiger charge is -2.18. The number of hydrogen-bond donors (Lipinski definition) is 1. The van der Waals surface area contributed by atoms with Crippen LogP contribution < -0.4 is 5.32 Å². The lowest BCUT2D eigenvalue weighted by Crippen LogP contribution is -2.37. The summed E-state index contributed by atoms with van der Waals surface area (Å²) in [6.45, 7) is 6.86. The van der Waals surface area contributed by atoms with Gasteiger partial charge < -0.3 is 14.6 Å². The van der Waals surface area contributed by atoms with Gasteiger partial charge in [0, 0.05) is 32.1 Å². The van der Waals surface area contributed by atoms with Gasteiger partial charge in [0.25, 0.3) is 0 Å². The van der Waals surface area contributed by atoms with Crippen molar-refractivity contribution in [3.05, 3.63) is 18.2 Å². The van der Waals surface area contributed by atoms with Crippen LogP contribution in [0.4, 0.5) is 0 Å². The number of ether oxygens (including phenoxy) is 1. The van der Waals surface area contributed by atoms with Gasteiger partial charge in [-0.15, -0.1) is 0 Å². The summed E-state index contributed by atoms with van der Waals surface area (Å²) in [7, 11) is 1.74. The molecular weight excluding hydrogens is 190 g/mol. The van der Waals surface area contributed by atoms with E-state index in [0.717, 1.165) is 31.9 Å². The lowest BCUT2D eigenvalue weighted by atomic mass is 10.3. The molecule has 1 N–H and O–H groups in total. The summed E-state index contributed by atoms with van der Waals surface area (Å²) < 4.78 is 7.34. The Morgan fingerprint density at radius 1 is 1.60 bits per heavy atom. The van der Waals surface area contributed by atoms with Crippen LogP contribution in [0, 0.1) is 6.92 Å². The van der Waals surface area contributed by atoms with Crippen molar-refractivity contribution < 1.29 is 4.74 Å². The van der Waals surface area contributed by atoms with E-state index < -0.39 is 0 Å². The fourth-order valence-electron chi connectivity index (χ4n) is 1.56. The van der Waals surface area contributed by atoms with Crippen LogP contribution in [0.1, 0.15) is 19.2 Å². The zero-order valence-corrected chi connectivity index (χ0v) is 9.86. The smallest absolute Gasteiger partial charge is 0.105 e. The van der Waals surface area contributed by atoms with E-state index >= 15 is 0 Å². The molecule has 4 nitrogen and oxygen atoms in total. The largest absolute Gasteiger partial charge is 0.383 e. The number of imidazole rings is 1. The molecule has 86 valence electrons. The molecule has 0 saturated carbocycles. The Bertz CT molecular complexity index is 273. The zero-order valence-electron chi connectivity index (χ0n) is 9.86. The molecular formula is C11H21N3O. The summed E-state index contributed by atoms with van der Waals surface area (Å²) in [5, 5.41) is 3.46. The van der Waals surface area contributed by atoms with Crippen molar-refractivity contribution in [2.45, 2.75) is 32.9 Å². The normalized spacial score (nSPS) is 13.0. The first-order valence-electron chi connectivity index (χ1n) is 5.48. The molecule has 0 saturated heterocycles. The monoisotopic (exact) mass is 211 g/mol. The second kappa shape index (κ2) is 6.58. The number of aromatic nitrogens is 2. The van der Waals surface area contributed by atoms with Crippen LogP contribution in [0.3, 0.4) is 0 Å². The summed E-state index contributed by atoms with van der Waals surface area (Å²) in [5.41, 5.74) is 0. The van der Waals surface area contributed by atoms with Gasteiger partial charge in [-0.05, 0) is 19.9 Å². The van der Waals surface area contributed by atoms with Crippen molar-refractivity contribution in [1.82, 2.24) is 14.9 Å². The molecule has 15 heavy (non-hydrogen) atoms. The molecule has 0 amide bonds. The second-order valence-corrected chi connectivity index (χ2v) is 3.73. The fourth-order valence-corrected chi connectivity index (χ4v) is 1.56. The summed E-state index contributed by atoms with van der Waals surface area (Å²) in [4.78, 5) is 4.20. The Kier molecular flexibility index (Phi) is 5.36. The summed E-state index contributed by atoms with van der Waals surface area (Å²) in [6.07, 6.45) is 4.98. The van der Waals surface area contributed by atoms with Crippen molar-refractivity contribution in [3.63, 3.8) is 0 Å². The highest BCUT2D eigenvalue weighted by molar-refractivity contribution is 4.89. The molecule has 4 heteroatoms. The SMILES string of the molecule is CCCNC(COC)Cn1ccnc1C. The fraction of sp³-hybridized carbons (Fsp3) is 0.727. The standard InChI is InChI=1S/C11H21N3O/c1-4-5-13-11(9-15-3)8-14-7-6-12-10(14)2/h6-7,11,13H,4-5,8-9H2,1-3H3. The van der Waals surface area contributed by atoms with Gasteiger partial charge in [0.2, 0.25) is 0 Å². The van der Waals surface area contributed by atoms with Gasteiger partial charge in [0.05, 0.1) is 6.61 Å². The van der Waals surface area contributed by atoms with Crippen molar-refractivity contribution in [2.24, 2.45) is 0 Å². The van der Waals surface area contributed by atoms with E-state index in [0.29, 0.717) is 6.04 Å². The predicted octanol–water partition coefficient (Wildman–Crippen LogP) is 1.21. The van der Waals surface area contributed by atoms with E-state index in [1.807, 2.05) is 19.3 Å². The maximum absolute atomic E-state index is 5.19. The van der Waals surface area contributed by atoms with Crippen LogP contribution in [0.2, 0.25) is 0 Å². The quantitative estimate of drug-likeness (QED) is 0.736. The second-order valence-electron chi connectivity index (χ2n) is 3.73. The third-order valence-corrected chi connectivity index (χ3v) is 2.39. The van der Waals surface area contributed by atoms with E-state index in [9.17, 15) is 0 Å². The number of nitrogens with one attached hydrogen (secondary N) is 1. The first kappa shape index (κ1) is 12.2. The van der Waals surface area contributed by atoms with E-state index in [4.69, 9.17) is 4.74 Å². The molecule has 1 aromatic rings. The van der Waals surface area contributed by atoms with Gasteiger partial charge in [-0.25, -0.2) is 4.98 Å². The molecule has 0 fully saturated rings. The number of aryl methyl sites for hydroxylation is 1. The average molecular weight is 211 g/mol. The van der Waals surface area contributed by atoms with Gasteiger partial charge >= 0.3 is 0 Å². The van der Waals surface area contributed by atoms with Crippen molar-refractivity contribution in [1.29, 1.82) is 0 Å². The summed E-state index contributed by atoms with van der Waals surface area (Å²) >= 11 is 0. The highest BCUT2D eigenvalue weighted by Gasteiger charge is 2.08. The number of methoxy groups -OCH3 is 1. The van der Waals surface area contributed by atoms with E-state index in [-0.39, 0.29) is 0 Å². The third kappa shape index (κ3) is 4.01. The van der Waals surface area contributed by atoms with Crippen LogP contribution in [0.15, 0.2) is 12.4 Å². The Morgan fingerprint density at radius 2 is 2.40 bits per heavy atom. The van der Waals surface area contributed by atoms with Gasteiger partial charge in [0.15, 0.2) is 0 Å². The highest BCUT2D eigenvalue weighted by Crippen LogP contribution is 1.98. The van der Waals surface area contributed by atoms with Crippen LogP contribution >= 0.6 is 0 Å². The van der Waals surface area contributed by atoms with Crippen LogP contribution in [0.25, 0.3) is 0 Å². The van der Waals surface area contributed by atoms with Crippen LogP contribution in [-0.4, -0.2) is 35.9 Å². The zero-order chi connectivity index (χ0) is 11.1.